The van der Waals surface area contributed by atoms with E-state index in [-0.39, 0.29) is 5.54 Å². The number of aromatic nitrogens is 1. The molecule has 6 nitrogen and oxygen atoms in total. The standard InChI is InChI=1S/C18H29N3OS.C2HF3O2/c1-4-14(2)20-10-5-7-18(9-11-20)8-6-17(22)21(18)12-16-13-23-15(3)19-16;3-2(4,5)1(6)7/h13-14H,4-12H2,1-3H3;(H,6,7). The van der Waals surface area contributed by atoms with Gasteiger partial charge in [0.1, 0.15) is 0 Å². The van der Waals surface area contributed by atoms with E-state index < -0.39 is 12.1 Å². The molecule has 30 heavy (non-hydrogen) atoms. The summed E-state index contributed by atoms with van der Waals surface area (Å²) >= 11 is 1.68. The van der Waals surface area contributed by atoms with Crippen molar-refractivity contribution in [3.63, 3.8) is 0 Å². The molecule has 1 aromatic rings. The molecule has 1 N–H and O–H groups in total. The number of carboxylic acids is 1. The zero-order valence-electron chi connectivity index (χ0n) is 17.7. The molecule has 1 amide bonds. The molecular weight excluding hydrogens is 419 g/mol. The van der Waals surface area contributed by atoms with Crippen LogP contribution in [0.3, 0.4) is 0 Å². The number of hydrogen-bond acceptors (Lipinski definition) is 5. The van der Waals surface area contributed by atoms with Crippen LogP contribution in [0.15, 0.2) is 5.38 Å². The molecule has 3 heterocycles. The predicted octanol–water partition coefficient (Wildman–Crippen LogP) is 4.23. The highest BCUT2D eigenvalue weighted by Crippen LogP contribution is 2.40. The Morgan fingerprint density at radius 3 is 2.53 bits per heavy atom. The van der Waals surface area contributed by atoms with Gasteiger partial charge >= 0.3 is 12.1 Å². The maximum Gasteiger partial charge on any atom is 0.490 e. The molecule has 1 spiro atoms. The number of aryl methyl sites for hydroxylation is 1. The van der Waals surface area contributed by atoms with Gasteiger partial charge in [-0.3, -0.25) is 4.79 Å². The third-order valence-corrected chi connectivity index (χ3v) is 6.90. The minimum absolute atomic E-state index is 0.0802. The Hall–Kier alpha value is -1.68. The number of carbonyl (C=O) groups excluding carboxylic acids is 1. The summed E-state index contributed by atoms with van der Waals surface area (Å²) in [5.41, 5.74) is 1.14. The average molecular weight is 450 g/mol. The summed E-state index contributed by atoms with van der Waals surface area (Å²) in [6.45, 7) is 9.62. The van der Waals surface area contributed by atoms with Crippen molar-refractivity contribution in [3.8, 4) is 0 Å². The zero-order valence-corrected chi connectivity index (χ0v) is 18.5. The largest absolute Gasteiger partial charge is 0.490 e. The minimum Gasteiger partial charge on any atom is -0.475 e. The molecule has 2 saturated heterocycles. The van der Waals surface area contributed by atoms with Gasteiger partial charge in [-0.2, -0.15) is 13.2 Å². The van der Waals surface area contributed by atoms with Gasteiger partial charge in [0.25, 0.3) is 0 Å². The van der Waals surface area contributed by atoms with Crippen LogP contribution in [0.1, 0.15) is 63.1 Å². The van der Waals surface area contributed by atoms with Gasteiger partial charge in [0.2, 0.25) is 5.91 Å². The number of rotatable bonds is 4. The Labute approximate surface area is 179 Å². The lowest BCUT2D eigenvalue weighted by molar-refractivity contribution is -0.192. The van der Waals surface area contributed by atoms with Crippen LogP contribution in [0.2, 0.25) is 0 Å². The molecule has 1 aromatic heterocycles. The van der Waals surface area contributed by atoms with E-state index in [0.29, 0.717) is 24.9 Å². The second-order valence-corrected chi connectivity index (χ2v) is 9.07. The maximum absolute atomic E-state index is 12.5. The lowest BCUT2D eigenvalue weighted by Gasteiger charge is -2.38. The van der Waals surface area contributed by atoms with Gasteiger partial charge in [-0.05, 0) is 52.5 Å². The maximum atomic E-state index is 12.5. The second-order valence-electron chi connectivity index (χ2n) is 8.01. The molecule has 170 valence electrons. The van der Waals surface area contributed by atoms with E-state index in [9.17, 15) is 18.0 Å². The fourth-order valence-electron chi connectivity index (χ4n) is 4.19. The number of aliphatic carboxylic acids is 1. The van der Waals surface area contributed by atoms with Gasteiger partial charge in [0.15, 0.2) is 0 Å². The minimum atomic E-state index is -5.08. The van der Waals surface area contributed by atoms with Crippen LogP contribution in [-0.2, 0) is 16.1 Å². The van der Waals surface area contributed by atoms with Crippen LogP contribution < -0.4 is 0 Å². The Morgan fingerprint density at radius 2 is 2.00 bits per heavy atom. The van der Waals surface area contributed by atoms with Gasteiger partial charge in [-0.25, -0.2) is 9.78 Å². The molecule has 2 aliphatic heterocycles. The monoisotopic (exact) mass is 449 g/mol. The first-order valence-corrected chi connectivity index (χ1v) is 11.1. The number of halogens is 3. The summed E-state index contributed by atoms with van der Waals surface area (Å²) in [5, 5.41) is 10.3. The number of carbonyl (C=O) groups is 2. The van der Waals surface area contributed by atoms with Crippen molar-refractivity contribution in [2.24, 2.45) is 0 Å². The van der Waals surface area contributed by atoms with Crippen LogP contribution in [0.4, 0.5) is 13.2 Å². The van der Waals surface area contributed by atoms with E-state index in [1.54, 1.807) is 11.3 Å². The van der Waals surface area contributed by atoms with Gasteiger partial charge in [0, 0.05) is 29.9 Å². The van der Waals surface area contributed by atoms with Crippen LogP contribution in [0.5, 0.6) is 0 Å². The second kappa shape index (κ2) is 10.1. The van der Waals surface area contributed by atoms with Crippen molar-refractivity contribution < 1.29 is 27.9 Å². The first-order valence-electron chi connectivity index (χ1n) is 10.2. The summed E-state index contributed by atoms with van der Waals surface area (Å²) in [5.74, 6) is -2.43. The molecule has 0 bridgehead atoms. The van der Waals surface area contributed by atoms with Gasteiger partial charge in [-0.1, -0.05) is 6.92 Å². The first kappa shape index (κ1) is 24.6. The van der Waals surface area contributed by atoms with Crippen LogP contribution in [0, 0.1) is 6.92 Å². The third-order valence-electron chi connectivity index (χ3n) is 6.07. The van der Waals surface area contributed by atoms with Crippen LogP contribution in [-0.4, -0.2) is 62.6 Å². The van der Waals surface area contributed by atoms with Gasteiger partial charge in [0.05, 0.1) is 17.2 Å². The quantitative estimate of drug-likeness (QED) is 0.745. The smallest absolute Gasteiger partial charge is 0.475 e. The molecular formula is C20H30F3N3O3S. The lowest BCUT2D eigenvalue weighted by Crippen LogP contribution is -2.46. The Balaban J connectivity index is 0.000000396. The van der Waals surface area contributed by atoms with Crippen molar-refractivity contribution in [2.75, 3.05) is 13.1 Å². The van der Waals surface area contributed by atoms with Crippen molar-refractivity contribution in [1.29, 1.82) is 0 Å². The van der Waals surface area contributed by atoms with E-state index in [1.165, 1.54) is 19.4 Å². The predicted molar refractivity (Wildman–Crippen MR) is 108 cm³/mol. The molecule has 0 aromatic carbocycles. The normalized spacial score (nSPS) is 23.8. The van der Waals surface area contributed by atoms with Gasteiger partial charge in [-0.15, -0.1) is 11.3 Å². The topological polar surface area (TPSA) is 73.7 Å². The molecule has 0 saturated carbocycles. The van der Waals surface area contributed by atoms with Crippen molar-refractivity contribution in [1.82, 2.24) is 14.8 Å². The molecule has 2 fully saturated rings. The van der Waals surface area contributed by atoms with E-state index in [4.69, 9.17) is 9.90 Å². The summed E-state index contributed by atoms with van der Waals surface area (Å²) < 4.78 is 31.7. The lowest BCUT2D eigenvalue weighted by atomic mass is 9.87. The fourth-order valence-corrected chi connectivity index (χ4v) is 4.80. The van der Waals surface area contributed by atoms with Crippen molar-refractivity contribution in [2.45, 2.75) is 83.6 Å². The Morgan fingerprint density at radius 1 is 1.33 bits per heavy atom. The van der Waals surface area contributed by atoms with E-state index >= 15 is 0 Å². The number of thiazole rings is 1. The Bertz CT molecular complexity index is 740. The fraction of sp³-hybridized carbons (Fsp3) is 0.750. The summed E-state index contributed by atoms with van der Waals surface area (Å²) in [6, 6.07) is 0.650. The van der Waals surface area contributed by atoms with E-state index in [2.05, 4.69) is 34.0 Å². The molecule has 2 unspecified atom stereocenters. The van der Waals surface area contributed by atoms with Crippen LogP contribution >= 0.6 is 11.3 Å². The van der Waals surface area contributed by atoms with E-state index in [1.807, 2.05) is 6.92 Å². The van der Waals surface area contributed by atoms with Crippen LogP contribution in [0.25, 0.3) is 0 Å². The molecule has 2 atom stereocenters. The third kappa shape index (κ3) is 6.16. The summed E-state index contributed by atoms with van der Waals surface area (Å²) in [7, 11) is 0. The summed E-state index contributed by atoms with van der Waals surface area (Å²) in [4.78, 5) is 30.8. The summed E-state index contributed by atoms with van der Waals surface area (Å²) in [6.07, 6.45) is 1.33. The van der Waals surface area contributed by atoms with Crippen molar-refractivity contribution >= 4 is 23.2 Å². The number of alkyl halides is 3. The first-order chi connectivity index (χ1) is 14.0. The van der Waals surface area contributed by atoms with Crippen molar-refractivity contribution in [3.05, 3.63) is 16.1 Å². The number of amides is 1. The highest BCUT2D eigenvalue weighted by molar-refractivity contribution is 7.09. The Kier molecular flexibility index (Phi) is 8.27. The zero-order chi connectivity index (χ0) is 22.5. The van der Waals surface area contributed by atoms with Gasteiger partial charge < -0.3 is 14.9 Å². The molecule has 3 rings (SSSR count). The van der Waals surface area contributed by atoms with E-state index in [0.717, 1.165) is 36.5 Å². The highest BCUT2D eigenvalue weighted by Gasteiger charge is 2.46. The number of carboxylic acid groups (broad SMARTS) is 1. The number of nitrogens with zero attached hydrogens (tertiary/aromatic N) is 3. The molecule has 10 heteroatoms. The highest BCUT2D eigenvalue weighted by atomic mass is 32.1. The SMILES string of the molecule is CCC(C)N1CCCC2(CCC(=O)N2Cc2csc(C)n2)CC1.O=C(O)C(F)(F)F. The molecule has 0 aliphatic carbocycles. The molecule has 2 aliphatic rings. The molecule has 0 radical (unpaired) electrons. The average Bonchev–Trinajstić information content (AvgIpc) is 3.13. The number of hydrogen-bond donors (Lipinski definition) is 1. The number of likely N-dealkylation sites (tertiary alicyclic amines) is 2.